The Labute approximate surface area is 122 Å². The van der Waals surface area contributed by atoms with Crippen LogP contribution < -0.4 is 0 Å². The van der Waals surface area contributed by atoms with Crippen LogP contribution in [-0.4, -0.2) is 52.7 Å². The summed E-state index contributed by atoms with van der Waals surface area (Å²) in [6.07, 6.45) is 4.46. The van der Waals surface area contributed by atoms with Crippen LogP contribution in [0.15, 0.2) is 4.52 Å². The molecule has 1 saturated heterocycles. The summed E-state index contributed by atoms with van der Waals surface area (Å²) < 4.78 is 5.43. The molecule has 20 heavy (non-hydrogen) atoms. The Morgan fingerprint density at radius 2 is 1.90 bits per heavy atom. The third-order valence-corrected chi connectivity index (χ3v) is 4.09. The number of nitrogens with zero attached hydrogens (tertiary/aromatic N) is 4. The summed E-state index contributed by atoms with van der Waals surface area (Å²) in [4.78, 5) is 9.52. The maximum Gasteiger partial charge on any atom is 0.243 e. The summed E-state index contributed by atoms with van der Waals surface area (Å²) in [6, 6.07) is 0.238. The first-order chi connectivity index (χ1) is 9.74. The van der Waals surface area contributed by atoms with Crippen LogP contribution in [0.5, 0.6) is 0 Å². The van der Waals surface area contributed by atoms with Crippen molar-refractivity contribution in [2.24, 2.45) is 0 Å². The van der Waals surface area contributed by atoms with Crippen molar-refractivity contribution >= 4 is 0 Å². The van der Waals surface area contributed by atoms with Crippen LogP contribution in [0.2, 0.25) is 0 Å². The minimum Gasteiger partial charge on any atom is -0.338 e. The van der Waals surface area contributed by atoms with E-state index in [4.69, 9.17) is 4.52 Å². The van der Waals surface area contributed by atoms with Crippen LogP contribution in [0, 0.1) is 0 Å². The van der Waals surface area contributed by atoms with E-state index in [0.717, 1.165) is 50.7 Å². The molecule has 5 nitrogen and oxygen atoms in total. The van der Waals surface area contributed by atoms with E-state index in [9.17, 15) is 0 Å². The van der Waals surface area contributed by atoms with Crippen molar-refractivity contribution in [3.63, 3.8) is 0 Å². The Morgan fingerprint density at radius 1 is 1.15 bits per heavy atom. The molecule has 0 radical (unpaired) electrons. The van der Waals surface area contributed by atoms with Gasteiger partial charge in [0, 0.05) is 32.6 Å². The number of rotatable bonds is 7. The molecule has 0 spiro atoms. The molecule has 0 saturated carbocycles. The van der Waals surface area contributed by atoms with Gasteiger partial charge in [-0.2, -0.15) is 4.98 Å². The highest BCUT2D eigenvalue weighted by atomic mass is 16.5. The highest BCUT2D eigenvalue weighted by molar-refractivity contribution is 4.93. The lowest BCUT2D eigenvalue weighted by molar-refractivity contribution is 0.0884. The number of hydrogen-bond acceptors (Lipinski definition) is 5. The summed E-state index contributed by atoms with van der Waals surface area (Å²) in [5.41, 5.74) is 0. The maximum atomic E-state index is 5.43. The normalized spacial score (nSPS) is 19.4. The second-order valence-corrected chi connectivity index (χ2v) is 5.71. The second kappa shape index (κ2) is 7.74. The molecule has 0 aromatic carbocycles. The molecule has 1 fully saturated rings. The van der Waals surface area contributed by atoms with Crippen LogP contribution in [0.3, 0.4) is 0 Å². The van der Waals surface area contributed by atoms with Gasteiger partial charge in [0.15, 0.2) is 5.82 Å². The highest BCUT2D eigenvalue weighted by Gasteiger charge is 2.25. The van der Waals surface area contributed by atoms with Crippen LogP contribution in [0.1, 0.15) is 57.8 Å². The summed E-state index contributed by atoms with van der Waals surface area (Å²) in [6.45, 7) is 12.3. The van der Waals surface area contributed by atoms with Crippen molar-refractivity contribution in [3.05, 3.63) is 11.7 Å². The molecule has 1 aromatic heterocycles. The first-order valence-corrected chi connectivity index (χ1v) is 8.03. The summed E-state index contributed by atoms with van der Waals surface area (Å²) in [5.74, 6) is 1.64. The lowest BCUT2D eigenvalue weighted by Crippen LogP contribution is -2.47. The number of aryl methyl sites for hydroxylation is 1. The van der Waals surface area contributed by atoms with Crippen LogP contribution >= 0.6 is 0 Å². The van der Waals surface area contributed by atoms with E-state index in [1.165, 1.54) is 19.4 Å². The minimum atomic E-state index is 0.238. The molecule has 0 bridgehead atoms. The van der Waals surface area contributed by atoms with Gasteiger partial charge in [-0.25, -0.2) is 0 Å². The third kappa shape index (κ3) is 4.03. The molecule has 114 valence electrons. The van der Waals surface area contributed by atoms with Gasteiger partial charge in [-0.3, -0.25) is 4.90 Å². The van der Waals surface area contributed by atoms with E-state index < -0.39 is 0 Å². The average Bonchev–Trinajstić information content (AvgIpc) is 2.94. The fourth-order valence-electron chi connectivity index (χ4n) is 2.72. The molecule has 1 aliphatic rings. The number of unbranched alkanes of at least 4 members (excludes halogenated alkanes) is 1. The number of hydrogen-bond donors (Lipinski definition) is 0. The van der Waals surface area contributed by atoms with Gasteiger partial charge in [-0.15, -0.1) is 0 Å². The van der Waals surface area contributed by atoms with E-state index in [-0.39, 0.29) is 6.04 Å². The summed E-state index contributed by atoms with van der Waals surface area (Å²) in [7, 11) is 0. The van der Waals surface area contributed by atoms with E-state index >= 15 is 0 Å². The Hall–Kier alpha value is -0.940. The first kappa shape index (κ1) is 15.4. The Kier molecular flexibility index (Phi) is 5.98. The molecule has 0 amide bonds. The summed E-state index contributed by atoms with van der Waals surface area (Å²) >= 11 is 0. The molecule has 1 aliphatic heterocycles. The van der Waals surface area contributed by atoms with Crippen molar-refractivity contribution < 1.29 is 4.52 Å². The number of piperazine rings is 1. The van der Waals surface area contributed by atoms with Gasteiger partial charge in [0.2, 0.25) is 5.89 Å². The molecule has 5 heteroatoms. The van der Waals surface area contributed by atoms with Gasteiger partial charge < -0.3 is 9.42 Å². The lowest BCUT2D eigenvalue weighted by atomic mass is 10.2. The topological polar surface area (TPSA) is 45.4 Å². The van der Waals surface area contributed by atoms with Gasteiger partial charge in [0.1, 0.15) is 0 Å². The molecule has 0 aliphatic carbocycles. The zero-order chi connectivity index (χ0) is 14.4. The van der Waals surface area contributed by atoms with Gasteiger partial charge in [0.05, 0.1) is 6.04 Å². The molecule has 1 aromatic rings. The van der Waals surface area contributed by atoms with E-state index in [2.05, 4.69) is 40.7 Å². The predicted octanol–water partition coefficient (Wildman–Crippen LogP) is 2.50. The highest BCUT2D eigenvalue weighted by Crippen LogP contribution is 2.20. The van der Waals surface area contributed by atoms with Gasteiger partial charge in [-0.1, -0.05) is 25.4 Å². The fourth-order valence-corrected chi connectivity index (χ4v) is 2.72. The zero-order valence-electron chi connectivity index (χ0n) is 13.1. The monoisotopic (exact) mass is 280 g/mol. The first-order valence-electron chi connectivity index (χ1n) is 8.03. The molecule has 0 unspecified atom stereocenters. The van der Waals surface area contributed by atoms with E-state index in [0.29, 0.717) is 0 Å². The van der Waals surface area contributed by atoms with Crippen molar-refractivity contribution in [1.82, 2.24) is 19.9 Å². The average molecular weight is 280 g/mol. The van der Waals surface area contributed by atoms with Crippen molar-refractivity contribution in [2.45, 2.75) is 52.5 Å². The largest absolute Gasteiger partial charge is 0.338 e. The molecule has 1 atom stereocenters. The van der Waals surface area contributed by atoms with Crippen LogP contribution in [0.25, 0.3) is 0 Å². The minimum absolute atomic E-state index is 0.238. The molecular formula is C15H28N4O. The Balaban J connectivity index is 1.85. The quantitative estimate of drug-likeness (QED) is 0.768. The molecule has 0 N–H and O–H groups in total. The van der Waals surface area contributed by atoms with Crippen LogP contribution in [0.4, 0.5) is 0 Å². The second-order valence-electron chi connectivity index (χ2n) is 5.71. The van der Waals surface area contributed by atoms with E-state index in [1.54, 1.807) is 0 Å². The van der Waals surface area contributed by atoms with E-state index in [1.807, 2.05) is 0 Å². The lowest BCUT2D eigenvalue weighted by Gasteiger charge is -2.36. The molecule has 2 heterocycles. The maximum absolute atomic E-state index is 5.43. The molecular weight excluding hydrogens is 252 g/mol. The third-order valence-electron chi connectivity index (χ3n) is 4.09. The van der Waals surface area contributed by atoms with Crippen LogP contribution in [-0.2, 0) is 6.42 Å². The van der Waals surface area contributed by atoms with Gasteiger partial charge in [0.25, 0.3) is 0 Å². The SMILES string of the molecule is CCCCc1noc([C@H](C)N2CCN(CCC)CC2)n1. The van der Waals surface area contributed by atoms with Crippen molar-refractivity contribution in [2.75, 3.05) is 32.7 Å². The van der Waals surface area contributed by atoms with Gasteiger partial charge in [-0.05, 0) is 26.3 Å². The summed E-state index contributed by atoms with van der Waals surface area (Å²) in [5, 5.41) is 4.09. The zero-order valence-corrected chi connectivity index (χ0v) is 13.1. The number of aromatic nitrogens is 2. The predicted molar refractivity (Wildman–Crippen MR) is 79.6 cm³/mol. The van der Waals surface area contributed by atoms with Crippen molar-refractivity contribution in [3.8, 4) is 0 Å². The fraction of sp³-hybridized carbons (Fsp3) is 0.867. The standard InChI is InChI=1S/C15H28N4O/c1-4-6-7-14-16-15(20-17-14)13(3)19-11-9-18(8-5-2)10-12-19/h13H,4-12H2,1-3H3/t13-/m0/s1. The van der Waals surface area contributed by atoms with Gasteiger partial charge >= 0.3 is 0 Å². The Morgan fingerprint density at radius 3 is 2.55 bits per heavy atom. The van der Waals surface area contributed by atoms with Crippen molar-refractivity contribution in [1.29, 1.82) is 0 Å². The smallest absolute Gasteiger partial charge is 0.243 e. The molecule has 2 rings (SSSR count). The Bertz CT molecular complexity index is 385.